The highest BCUT2D eigenvalue weighted by Crippen LogP contribution is 2.23. The largest absolute Gasteiger partial charge is 0.494 e. The minimum atomic E-state index is -0.358. The van der Waals surface area contributed by atoms with E-state index in [1.807, 2.05) is 25.1 Å². The molecule has 3 rings (SSSR count). The zero-order valence-corrected chi connectivity index (χ0v) is 13.7. The first kappa shape index (κ1) is 16.0. The van der Waals surface area contributed by atoms with Crippen LogP contribution in [0.5, 0.6) is 5.75 Å². The summed E-state index contributed by atoms with van der Waals surface area (Å²) in [7, 11) is 0. The maximum Gasteiger partial charge on any atom is 0.251 e. The minimum Gasteiger partial charge on any atom is -0.494 e. The Kier molecular flexibility index (Phi) is 4.98. The fraction of sp³-hybridized carbons (Fsp3) is 0.500. The average Bonchev–Trinajstić information content (AvgIpc) is 3.04. The topological polar surface area (TPSA) is 49.7 Å². The molecule has 1 aliphatic rings. The molecular formula is C18H23NO4. The normalized spacial score (nSPS) is 15.4. The van der Waals surface area contributed by atoms with Crippen molar-refractivity contribution in [2.75, 3.05) is 19.8 Å². The number of fused-ring (bicyclic) bond motifs is 1. The molecule has 1 aliphatic heterocycles. The molecule has 0 aliphatic carbocycles. The molecule has 1 aromatic heterocycles. The number of benzene rings is 1. The predicted octanol–water partition coefficient (Wildman–Crippen LogP) is 2.86. The van der Waals surface area contributed by atoms with Gasteiger partial charge in [0.15, 0.2) is 6.29 Å². The highest BCUT2D eigenvalue weighted by atomic mass is 16.7. The van der Waals surface area contributed by atoms with Crippen LogP contribution in [0.2, 0.25) is 0 Å². The van der Waals surface area contributed by atoms with E-state index in [9.17, 15) is 4.79 Å². The number of rotatable bonds is 6. The Hall–Kier alpha value is -1.85. The summed E-state index contributed by atoms with van der Waals surface area (Å²) in [5.41, 5.74) is 1.79. The highest BCUT2D eigenvalue weighted by molar-refractivity contribution is 5.83. The Morgan fingerprint density at radius 2 is 2.04 bits per heavy atom. The Balaban J connectivity index is 1.98. The van der Waals surface area contributed by atoms with E-state index in [0.29, 0.717) is 26.4 Å². The Bertz CT molecular complexity index is 732. The molecule has 5 nitrogen and oxygen atoms in total. The van der Waals surface area contributed by atoms with Crippen LogP contribution in [0.3, 0.4) is 0 Å². The molecule has 1 aromatic carbocycles. The molecule has 2 aromatic rings. The third-order valence-electron chi connectivity index (χ3n) is 4.08. The summed E-state index contributed by atoms with van der Waals surface area (Å²) in [6, 6.07) is 7.57. The molecule has 0 N–H and O–H groups in total. The van der Waals surface area contributed by atoms with Crippen LogP contribution in [0, 0.1) is 6.92 Å². The van der Waals surface area contributed by atoms with Crippen molar-refractivity contribution in [3.8, 4) is 5.75 Å². The number of ether oxygens (including phenoxy) is 3. The lowest BCUT2D eigenvalue weighted by molar-refractivity contribution is -0.0522. The molecular weight excluding hydrogens is 294 g/mol. The summed E-state index contributed by atoms with van der Waals surface area (Å²) >= 11 is 0. The fourth-order valence-corrected chi connectivity index (χ4v) is 2.80. The second-order valence-electron chi connectivity index (χ2n) is 5.83. The van der Waals surface area contributed by atoms with E-state index in [1.54, 1.807) is 10.6 Å². The van der Waals surface area contributed by atoms with Crippen LogP contribution in [0.1, 0.15) is 25.3 Å². The van der Waals surface area contributed by atoms with Crippen molar-refractivity contribution in [1.82, 2.24) is 4.57 Å². The quantitative estimate of drug-likeness (QED) is 0.769. The van der Waals surface area contributed by atoms with Crippen molar-refractivity contribution < 1.29 is 14.2 Å². The Morgan fingerprint density at radius 3 is 2.78 bits per heavy atom. The lowest BCUT2D eigenvalue weighted by atomic mass is 10.1. The van der Waals surface area contributed by atoms with E-state index in [4.69, 9.17) is 14.2 Å². The zero-order valence-electron chi connectivity index (χ0n) is 13.7. The third-order valence-corrected chi connectivity index (χ3v) is 4.08. The lowest BCUT2D eigenvalue weighted by Gasteiger charge is -2.16. The van der Waals surface area contributed by atoms with Crippen molar-refractivity contribution in [3.63, 3.8) is 0 Å². The molecule has 0 unspecified atom stereocenters. The van der Waals surface area contributed by atoms with Gasteiger partial charge in [-0.1, -0.05) is 13.3 Å². The Labute approximate surface area is 135 Å². The maximum atomic E-state index is 12.4. The van der Waals surface area contributed by atoms with E-state index in [-0.39, 0.29) is 11.8 Å². The zero-order chi connectivity index (χ0) is 16.2. The van der Waals surface area contributed by atoms with Gasteiger partial charge in [-0.15, -0.1) is 0 Å². The SMILES string of the molecule is CCCCOc1ccc2c(C)cc(=O)n(CC3OCCO3)c2c1. The van der Waals surface area contributed by atoms with E-state index in [1.165, 1.54) is 0 Å². The molecule has 0 radical (unpaired) electrons. The molecule has 23 heavy (non-hydrogen) atoms. The van der Waals surface area contributed by atoms with Crippen LogP contribution in [0.15, 0.2) is 29.1 Å². The van der Waals surface area contributed by atoms with Crippen LogP contribution in [0.4, 0.5) is 0 Å². The summed E-state index contributed by atoms with van der Waals surface area (Å²) in [6.07, 6.45) is 1.75. The van der Waals surface area contributed by atoms with Crippen LogP contribution < -0.4 is 10.3 Å². The number of unbranched alkanes of at least 4 members (excludes halogenated alkanes) is 1. The standard InChI is InChI=1S/C18H23NO4/c1-3-4-7-21-14-5-6-15-13(2)10-17(20)19(16(15)11-14)12-18-22-8-9-23-18/h5-6,10-11,18H,3-4,7-9,12H2,1-2H3. The summed E-state index contributed by atoms with van der Waals surface area (Å²) in [5.74, 6) is 0.790. The molecule has 1 fully saturated rings. The van der Waals surface area contributed by atoms with Gasteiger partial charge in [-0.2, -0.15) is 0 Å². The number of hydrogen-bond acceptors (Lipinski definition) is 4. The van der Waals surface area contributed by atoms with Crippen LogP contribution in [-0.2, 0) is 16.0 Å². The number of hydrogen-bond donors (Lipinski definition) is 0. The van der Waals surface area contributed by atoms with Gasteiger partial charge in [0.2, 0.25) is 0 Å². The van der Waals surface area contributed by atoms with Crippen molar-refractivity contribution >= 4 is 10.9 Å². The minimum absolute atomic E-state index is 0.0418. The summed E-state index contributed by atoms with van der Waals surface area (Å²) < 4.78 is 18.5. The first-order chi connectivity index (χ1) is 11.2. The van der Waals surface area contributed by atoms with Crippen molar-refractivity contribution in [3.05, 3.63) is 40.2 Å². The van der Waals surface area contributed by atoms with Gasteiger partial charge in [-0.3, -0.25) is 4.79 Å². The number of pyridine rings is 1. The molecule has 2 heterocycles. The molecule has 1 saturated heterocycles. The van der Waals surface area contributed by atoms with Crippen LogP contribution in [-0.4, -0.2) is 30.7 Å². The Morgan fingerprint density at radius 1 is 1.26 bits per heavy atom. The maximum absolute atomic E-state index is 12.4. The van der Waals surface area contributed by atoms with E-state index in [2.05, 4.69) is 6.92 Å². The van der Waals surface area contributed by atoms with Crippen molar-refractivity contribution in [1.29, 1.82) is 0 Å². The van der Waals surface area contributed by atoms with Crippen molar-refractivity contribution in [2.24, 2.45) is 0 Å². The molecule has 0 atom stereocenters. The lowest BCUT2D eigenvalue weighted by Crippen LogP contribution is -2.27. The summed E-state index contributed by atoms with van der Waals surface area (Å²) in [4.78, 5) is 12.4. The van der Waals surface area contributed by atoms with Gasteiger partial charge in [-0.05, 0) is 31.0 Å². The summed E-state index contributed by atoms with van der Waals surface area (Å²) in [5, 5.41) is 1.05. The third kappa shape index (κ3) is 3.57. The van der Waals surface area contributed by atoms with Crippen molar-refractivity contribution in [2.45, 2.75) is 39.5 Å². The van der Waals surface area contributed by atoms with Gasteiger partial charge in [0.1, 0.15) is 5.75 Å². The molecule has 0 amide bonds. The van der Waals surface area contributed by atoms with Gasteiger partial charge >= 0.3 is 0 Å². The van der Waals surface area contributed by atoms with Gasteiger partial charge in [0, 0.05) is 17.5 Å². The number of nitrogens with zero attached hydrogens (tertiary/aromatic N) is 1. The molecule has 0 saturated carbocycles. The fourth-order valence-electron chi connectivity index (χ4n) is 2.80. The second-order valence-corrected chi connectivity index (χ2v) is 5.83. The van der Waals surface area contributed by atoms with Crippen LogP contribution >= 0.6 is 0 Å². The molecule has 5 heteroatoms. The smallest absolute Gasteiger partial charge is 0.251 e. The number of aryl methyl sites for hydroxylation is 1. The van der Waals surface area contributed by atoms with E-state index >= 15 is 0 Å². The van der Waals surface area contributed by atoms with E-state index in [0.717, 1.165) is 35.1 Å². The molecule has 0 spiro atoms. The molecule has 0 bridgehead atoms. The number of aromatic nitrogens is 1. The monoisotopic (exact) mass is 317 g/mol. The predicted molar refractivity (Wildman–Crippen MR) is 89.0 cm³/mol. The highest BCUT2D eigenvalue weighted by Gasteiger charge is 2.18. The summed E-state index contributed by atoms with van der Waals surface area (Å²) in [6.45, 7) is 6.32. The van der Waals surface area contributed by atoms with E-state index < -0.39 is 0 Å². The second kappa shape index (κ2) is 7.15. The van der Waals surface area contributed by atoms with Gasteiger partial charge in [-0.25, -0.2) is 0 Å². The van der Waals surface area contributed by atoms with Gasteiger partial charge in [0.05, 0.1) is 31.9 Å². The first-order valence-corrected chi connectivity index (χ1v) is 8.19. The van der Waals surface area contributed by atoms with Gasteiger partial charge < -0.3 is 18.8 Å². The van der Waals surface area contributed by atoms with Gasteiger partial charge in [0.25, 0.3) is 5.56 Å². The first-order valence-electron chi connectivity index (χ1n) is 8.19. The average molecular weight is 317 g/mol. The molecule has 124 valence electrons. The van der Waals surface area contributed by atoms with Crippen LogP contribution in [0.25, 0.3) is 10.9 Å².